The molecular weight excluding hydrogens is 292 g/mol. The average Bonchev–Trinajstić information content (AvgIpc) is 3.18. The van der Waals surface area contributed by atoms with Crippen LogP contribution < -0.4 is 15.3 Å². The number of fused-ring (bicyclic) bond motifs is 4. The highest BCUT2D eigenvalue weighted by Gasteiger charge is 2.17. The second-order valence-corrected chi connectivity index (χ2v) is 5.48. The molecule has 1 aliphatic heterocycles. The van der Waals surface area contributed by atoms with Gasteiger partial charge in [0.25, 0.3) is 0 Å². The Hall–Kier alpha value is -3.12. The number of hydrogen-bond donors (Lipinski definition) is 1. The Bertz CT molecular complexity index is 1070. The molecule has 1 aliphatic rings. The lowest BCUT2D eigenvalue weighted by molar-refractivity contribution is 0.0260. The maximum atomic E-state index is 5.25. The van der Waals surface area contributed by atoms with E-state index < -0.39 is 0 Å². The van der Waals surface area contributed by atoms with Crippen LogP contribution in [0.4, 0.5) is 0 Å². The van der Waals surface area contributed by atoms with Crippen molar-refractivity contribution in [1.29, 1.82) is 0 Å². The fraction of sp³-hybridized carbons (Fsp3) is 0.0588. The van der Waals surface area contributed by atoms with Crippen molar-refractivity contribution < 1.29 is 9.68 Å². The summed E-state index contributed by atoms with van der Waals surface area (Å²) in [7, 11) is 0. The minimum Gasteiger partial charge on any atom is -0.370 e. The van der Waals surface area contributed by atoms with Gasteiger partial charge >= 0.3 is 0 Å². The smallest absolute Gasteiger partial charge is 0.196 e. The number of aryl methyl sites for hydroxylation is 1. The standard InChI is InChI=1S/C17H12N4O2/c1-10-8-16-18-17(11-6-7-14-15(9-11)23-20-22-14)12-4-2-3-5-13(12)21(16)19-10/h2-9,20H,1H3. The van der Waals surface area contributed by atoms with E-state index in [0.29, 0.717) is 11.5 Å². The molecule has 4 aromatic rings. The average molecular weight is 304 g/mol. The van der Waals surface area contributed by atoms with Gasteiger partial charge in [-0.25, -0.2) is 9.50 Å². The molecule has 6 heteroatoms. The van der Waals surface area contributed by atoms with E-state index in [9.17, 15) is 0 Å². The first-order valence-electron chi connectivity index (χ1n) is 7.28. The number of benzene rings is 2. The van der Waals surface area contributed by atoms with Crippen LogP contribution in [0.1, 0.15) is 5.69 Å². The van der Waals surface area contributed by atoms with Crippen LogP contribution in [0.5, 0.6) is 11.5 Å². The second-order valence-electron chi connectivity index (χ2n) is 5.48. The van der Waals surface area contributed by atoms with E-state index in [1.165, 1.54) is 0 Å². The zero-order valence-electron chi connectivity index (χ0n) is 12.3. The number of hydrogen-bond acceptors (Lipinski definition) is 5. The molecule has 0 atom stereocenters. The Morgan fingerprint density at radius 3 is 2.83 bits per heavy atom. The van der Waals surface area contributed by atoms with E-state index in [-0.39, 0.29) is 0 Å². The van der Waals surface area contributed by atoms with Crippen LogP contribution in [-0.4, -0.2) is 14.6 Å². The summed E-state index contributed by atoms with van der Waals surface area (Å²) in [5.74, 6) is 1.32. The number of nitrogens with one attached hydrogen (secondary N) is 1. The van der Waals surface area contributed by atoms with Gasteiger partial charge in [-0.05, 0) is 31.2 Å². The molecule has 0 unspecified atom stereocenters. The van der Waals surface area contributed by atoms with Gasteiger partial charge < -0.3 is 9.68 Å². The summed E-state index contributed by atoms with van der Waals surface area (Å²) in [5.41, 5.74) is 7.05. The molecule has 5 rings (SSSR count). The normalized spacial score (nSPS) is 13.1. The summed E-state index contributed by atoms with van der Waals surface area (Å²) < 4.78 is 1.88. The minimum atomic E-state index is 0.651. The van der Waals surface area contributed by atoms with Gasteiger partial charge in [-0.3, -0.25) is 0 Å². The quantitative estimate of drug-likeness (QED) is 0.585. The monoisotopic (exact) mass is 304 g/mol. The fourth-order valence-electron chi connectivity index (χ4n) is 2.93. The van der Waals surface area contributed by atoms with Crippen molar-refractivity contribution in [3.05, 3.63) is 54.2 Å². The van der Waals surface area contributed by atoms with Gasteiger partial charge in [-0.1, -0.05) is 18.2 Å². The zero-order valence-corrected chi connectivity index (χ0v) is 12.3. The lowest BCUT2D eigenvalue weighted by atomic mass is 10.1. The van der Waals surface area contributed by atoms with Crippen molar-refractivity contribution in [3.63, 3.8) is 0 Å². The predicted octanol–water partition coefficient (Wildman–Crippen LogP) is 3.05. The Kier molecular flexibility index (Phi) is 2.40. The van der Waals surface area contributed by atoms with Gasteiger partial charge in [0.1, 0.15) is 0 Å². The van der Waals surface area contributed by atoms with Gasteiger partial charge in [0.05, 0.1) is 16.9 Å². The Labute approximate surface area is 131 Å². The first-order valence-corrected chi connectivity index (χ1v) is 7.28. The lowest BCUT2D eigenvalue weighted by Gasteiger charge is -2.08. The number of para-hydroxylation sites is 1. The van der Waals surface area contributed by atoms with Gasteiger partial charge in [-0.2, -0.15) is 5.10 Å². The summed E-state index contributed by atoms with van der Waals surface area (Å²) in [6.07, 6.45) is 0. The molecule has 23 heavy (non-hydrogen) atoms. The van der Waals surface area contributed by atoms with E-state index in [0.717, 1.165) is 33.5 Å². The number of rotatable bonds is 1. The van der Waals surface area contributed by atoms with Crippen molar-refractivity contribution in [2.45, 2.75) is 6.92 Å². The van der Waals surface area contributed by atoms with Crippen LogP contribution in [-0.2, 0) is 0 Å². The van der Waals surface area contributed by atoms with Gasteiger partial charge in [0.15, 0.2) is 17.1 Å². The van der Waals surface area contributed by atoms with E-state index in [1.807, 2.05) is 47.8 Å². The Morgan fingerprint density at radius 1 is 1.00 bits per heavy atom. The Morgan fingerprint density at radius 2 is 1.87 bits per heavy atom. The third-order valence-corrected chi connectivity index (χ3v) is 3.95. The first kappa shape index (κ1) is 12.4. The highest BCUT2D eigenvalue weighted by atomic mass is 16.9. The molecule has 0 bridgehead atoms. The predicted molar refractivity (Wildman–Crippen MR) is 85.1 cm³/mol. The maximum absolute atomic E-state index is 5.25. The molecule has 0 radical (unpaired) electrons. The van der Waals surface area contributed by atoms with Crippen LogP contribution in [0, 0.1) is 6.92 Å². The van der Waals surface area contributed by atoms with E-state index in [1.54, 1.807) is 0 Å². The topological polar surface area (TPSA) is 60.7 Å². The summed E-state index contributed by atoms with van der Waals surface area (Å²) >= 11 is 0. The molecule has 0 saturated heterocycles. The molecule has 0 fully saturated rings. The van der Waals surface area contributed by atoms with Crippen molar-refractivity contribution >= 4 is 16.6 Å². The molecule has 0 amide bonds. The first-order chi connectivity index (χ1) is 11.3. The maximum Gasteiger partial charge on any atom is 0.196 e. The summed E-state index contributed by atoms with van der Waals surface area (Å²) in [5, 5.41) is 5.57. The van der Waals surface area contributed by atoms with Crippen LogP contribution in [0.2, 0.25) is 0 Å². The van der Waals surface area contributed by atoms with Crippen LogP contribution in [0.25, 0.3) is 27.8 Å². The van der Waals surface area contributed by atoms with Gasteiger partial charge in [-0.15, -0.1) is 0 Å². The third kappa shape index (κ3) is 1.79. The summed E-state index contributed by atoms with van der Waals surface area (Å²) in [6, 6.07) is 15.9. The van der Waals surface area contributed by atoms with Crippen molar-refractivity contribution in [2.75, 3.05) is 0 Å². The van der Waals surface area contributed by atoms with Crippen molar-refractivity contribution in [2.24, 2.45) is 0 Å². The second kappa shape index (κ2) is 4.44. The molecular formula is C17H12N4O2. The van der Waals surface area contributed by atoms with Gasteiger partial charge in [0, 0.05) is 22.7 Å². The van der Waals surface area contributed by atoms with E-state index >= 15 is 0 Å². The molecule has 6 nitrogen and oxygen atoms in total. The highest BCUT2D eigenvalue weighted by Crippen LogP contribution is 2.36. The van der Waals surface area contributed by atoms with Crippen LogP contribution in [0.15, 0.2) is 48.5 Å². The van der Waals surface area contributed by atoms with Crippen LogP contribution >= 0.6 is 0 Å². The molecule has 0 saturated carbocycles. The largest absolute Gasteiger partial charge is 0.370 e. The van der Waals surface area contributed by atoms with Gasteiger partial charge in [0.2, 0.25) is 0 Å². The van der Waals surface area contributed by atoms with E-state index in [2.05, 4.69) is 22.9 Å². The fourth-order valence-corrected chi connectivity index (χ4v) is 2.93. The molecule has 2 aromatic heterocycles. The zero-order chi connectivity index (χ0) is 15.4. The molecule has 0 aliphatic carbocycles. The molecule has 0 spiro atoms. The lowest BCUT2D eigenvalue weighted by Crippen LogP contribution is -2.14. The highest BCUT2D eigenvalue weighted by molar-refractivity contribution is 5.94. The molecule has 3 heterocycles. The Balaban J connectivity index is 1.86. The molecule has 2 aromatic carbocycles. The third-order valence-electron chi connectivity index (χ3n) is 3.95. The summed E-state index contributed by atoms with van der Waals surface area (Å²) in [6.45, 7) is 1.97. The number of nitrogens with zero attached hydrogens (tertiary/aromatic N) is 3. The van der Waals surface area contributed by atoms with Crippen molar-refractivity contribution in [1.82, 2.24) is 20.2 Å². The summed E-state index contributed by atoms with van der Waals surface area (Å²) in [4.78, 5) is 15.2. The number of aromatic nitrogens is 3. The SMILES string of the molecule is Cc1cc2nc(-c3ccc4c(c3)ONO4)c3ccccc3n2n1. The molecule has 1 N–H and O–H groups in total. The van der Waals surface area contributed by atoms with Crippen LogP contribution in [0.3, 0.4) is 0 Å². The molecule has 112 valence electrons. The van der Waals surface area contributed by atoms with E-state index in [4.69, 9.17) is 14.7 Å². The minimum absolute atomic E-state index is 0.651. The van der Waals surface area contributed by atoms with Crippen molar-refractivity contribution in [3.8, 4) is 22.8 Å².